The molecule has 48 heavy (non-hydrogen) atoms. The molecule has 9 nitrogen and oxygen atoms in total. The van der Waals surface area contributed by atoms with E-state index >= 15 is 0 Å². The van der Waals surface area contributed by atoms with Crippen LogP contribution >= 0.6 is 22.9 Å². The number of carbonyl (C=O) groups is 1. The summed E-state index contributed by atoms with van der Waals surface area (Å²) in [6, 6.07) is 9.97. The zero-order valence-corrected chi connectivity index (χ0v) is 30.4. The van der Waals surface area contributed by atoms with E-state index in [1.165, 1.54) is 17.0 Å². The summed E-state index contributed by atoms with van der Waals surface area (Å²) < 4.78 is 84.4. The zero-order valence-electron chi connectivity index (χ0n) is 27.2. The van der Waals surface area contributed by atoms with Gasteiger partial charge in [-0.05, 0) is 66.6 Å². The van der Waals surface area contributed by atoms with Crippen LogP contribution in [0.3, 0.4) is 0 Å². The predicted octanol–water partition coefficient (Wildman–Crippen LogP) is 5.23. The van der Waals surface area contributed by atoms with Crippen molar-refractivity contribution in [2.45, 2.75) is 93.5 Å². The Hall–Kier alpha value is -2.46. The predicted molar refractivity (Wildman–Crippen MR) is 186 cm³/mol. The fraction of sp³-hybridized carbons (Fsp3) is 0.485. The number of aliphatic hydroxyl groups is 1. The first-order valence-electron chi connectivity index (χ1n) is 15.8. The summed E-state index contributed by atoms with van der Waals surface area (Å²) in [5.74, 6) is -3.33. The molecule has 0 radical (unpaired) electrons. The number of aliphatic hydroxyl groups excluding tert-OH is 1. The van der Waals surface area contributed by atoms with Crippen LogP contribution in [0.5, 0.6) is 0 Å². The summed E-state index contributed by atoms with van der Waals surface area (Å²) in [6.45, 7) is 5.11. The number of benzene rings is 2. The van der Waals surface area contributed by atoms with E-state index in [1.807, 2.05) is 32.9 Å². The van der Waals surface area contributed by atoms with Crippen LogP contribution in [0.25, 0.3) is 0 Å². The van der Waals surface area contributed by atoms with Gasteiger partial charge in [-0.25, -0.2) is 25.6 Å². The quantitative estimate of drug-likeness (QED) is 0.152. The van der Waals surface area contributed by atoms with Crippen molar-refractivity contribution in [2.75, 3.05) is 12.3 Å². The molecular weight excluding hydrogens is 704 g/mol. The summed E-state index contributed by atoms with van der Waals surface area (Å²) in [4.78, 5) is 15.6. The lowest BCUT2D eigenvalue weighted by Crippen LogP contribution is -2.55. The second-order valence-electron chi connectivity index (χ2n) is 11.9. The first-order valence-corrected chi connectivity index (χ1v) is 20.2. The van der Waals surface area contributed by atoms with Crippen molar-refractivity contribution < 1.29 is 35.5 Å². The van der Waals surface area contributed by atoms with E-state index in [9.17, 15) is 35.5 Å². The molecule has 0 spiro atoms. The number of halogens is 3. The SMILES string of the molecule is CCCC(CCC)S(=O)(=O)CC(NS(=O)(=O)c1ccc(Cl)s1)C(=O)N(Cc1cccc(CC)c1)C[C@@H](O)[C@@H](N)Cc1cc(F)cc(F)c1. The molecule has 0 bridgehead atoms. The van der Waals surface area contributed by atoms with Gasteiger partial charge in [-0.3, -0.25) is 4.79 Å². The molecule has 3 rings (SSSR count). The van der Waals surface area contributed by atoms with Gasteiger partial charge in [-0.1, -0.05) is 69.5 Å². The lowest BCUT2D eigenvalue weighted by molar-refractivity contribution is -0.134. The van der Waals surface area contributed by atoms with Crippen LogP contribution in [-0.4, -0.2) is 68.5 Å². The van der Waals surface area contributed by atoms with Crippen LogP contribution in [0.4, 0.5) is 8.78 Å². The molecule has 266 valence electrons. The largest absolute Gasteiger partial charge is 0.390 e. The third kappa shape index (κ3) is 11.6. The van der Waals surface area contributed by atoms with Crippen molar-refractivity contribution in [3.63, 3.8) is 0 Å². The molecule has 0 saturated carbocycles. The van der Waals surface area contributed by atoms with Crippen LogP contribution < -0.4 is 10.5 Å². The van der Waals surface area contributed by atoms with E-state index in [-0.39, 0.29) is 27.1 Å². The second kappa shape index (κ2) is 18.0. The number of aryl methyl sites for hydroxylation is 1. The van der Waals surface area contributed by atoms with Gasteiger partial charge in [0.1, 0.15) is 21.9 Å². The molecule has 0 aliphatic rings. The number of nitrogens with zero attached hydrogens (tertiary/aromatic N) is 1. The molecule has 15 heteroatoms. The van der Waals surface area contributed by atoms with Crippen LogP contribution in [0.15, 0.2) is 58.8 Å². The number of amides is 1. The lowest BCUT2D eigenvalue weighted by Gasteiger charge is -2.32. The minimum atomic E-state index is -4.40. The van der Waals surface area contributed by atoms with E-state index in [0.717, 1.165) is 29.0 Å². The summed E-state index contributed by atoms with van der Waals surface area (Å²) >= 11 is 6.74. The fourth-order valence-corrected chi connectivity index (χ4v) is 10.4. The maximum atomic E-state index is 14.4. The Morgan fingerprint density at radius 1 is 0.958 bits per heavy atom. The van der Waals surface area contributed by atoms with Gasteiger partial charge in [-0.15, -0.1) is 11.3 Å². The lowest BCUT2D eigenvalue weighted by atomic mass is 10.0. The van der Waals surface area contributed by atoms with E-state index in [1.54, 1.807) is 12.1 Å². The third-order valence-corrected chi connectivity index (χ3v) is 13.4. The Bertz CT molecular complexity index is 1710. The molecule has 0 aliphatic carbocycles. The van der Waals surface area contributed by atoms with Crippen molar-refractivity contribution >= 4 is 48.7 Å². The molecule has 1 unspecified atom stereocenters. The molecule has 4 N–H and O–H groups in total. The molecule has 0 aliphatic heterocycles. The number of nitrogens with one attached hydrogen (secondary N) is 1. The summed E-state index contributed by atoms with van der Waals surface area (Å²) in [5, 5.41) is 10.4. The molecule has 0 saturated heterocycles. The molecule has 1 aromatic heterocycles. The van der Waals surface area contributed by atoms with Crippen molar-refractivity contribution in [1.29, 1.82) is 0 Å². The molecule has 1 heterocycles. The first-order chi connectivity index (χ1) is 22.6. The van der Waals surface area contributed by atoms with E-state index in [0.29, 0.717) is 43.7 Å². The number of hydrogen-bond acceptors (Lipinski definition) is 8. The van der Waals surface area contributed by atoms with Gasteiger partial charge in [0.25, 0.3) is 10.0 Å². The highest BCUT2D eigenvalue weighted by atomic mass is 35.5. The molecule has 2 aromatic carbocycles. The number of sulfonamides is 1. The average molecular weight is 748 g/mol. The second-order valence-corrected chi connectivity index (χ2v) is 17.8. The van der Waals surface area contributed by atoms with Crippen LogP contribution in [0.1, 0.15) is 63.1 Å². The highest BCUT2D eigenvalue weighted by Crippen LogP contribution is 2.26. The Morgan fingerprint density at radius 3 is 2.15 bits per heavy atom. The zero-order chi connectivity index (χ0) is 35.6. The minimum absolute atomic E-state index is 0.110. The van der Waals surface area contributed by atoms with Crippen LogP contribution in [0, 0.1) is 11.6 Å². The van der Waals surface area contributed by atoms with Gasteiger partial charge >= 0.3 is 0 Å². The maximum Gasteiger partial charge on any atom is 0.250 e. The number of carbonyl (C=O) groups excluding carboxylic acids is 1. The standard InChI is InChI=1S/C33H44ClF2N3O6S3/c1-4-8-27(9-5-2)47(42,43)21-29(38-48(44,45)32-13-12-31(34)46-32)33(41)39(19-23-11-7-10-22(6-3)14-23)20-30(40)28(37)17-24-15-25(35)18-26(36)16-24/h7,10-16,18,27-30,38,40H,4-6,8-9,17,19-21,37H2,1-3H3/t28-,29?,30+/m0/s1. The Kier molecular flexibility index (Phi) is 15.0. The summed E-state index contributed by atoms with van der Waals surface area (Å²) in [6.07, 6.45) is 0.940. The van der Waals surface area contributed by atoms with Gasteiger partial charge in [0.2, 0.25) is 5.91 Å². The molecule has 1 amide bonds. The Balaban J connectivity index is 2.03. The van der Waals surface area contributed by atoms with Crippen LogP contribution in [-0.2, 0) is 44.0 Å². The normalized spacial score (nSPS) is 14.2. The molecule has 0 fully saturated rings. The molecule has 3 atom stereocenters. The number of hydrogen-bond donors (Lipinski definition) is 3. The number of rotatable bonds is 19. The van der Waals surface area contributed by atoms with Gasteiger partial charge < -0.3 is 15.7 Å². The average Bonchev–Trinajstić information content (AvgIpc) is 3.46. The van der Waals surface area contributed by atoms with Crippen molar-refractivity contribution in [3.05, 3.63) is 87.3 Å². The molecular formula is C33H44ClF2N3O6S3. The van der Waals surface area contributed by atoms with E-state index < -0.39 is 73.1 Å². The topological polar surface area (TPSA) is 147 Å². The van der Waals surface area contributed by atoms with Gasteiger partial charge in [0.15, 0.2) is 9.84 Å². The van der Waals surface area contributed by atoms with Crippen LogP contribution in [0.2, 0.25) is 4.34 Å². The minimum Gasteiger partial charge on any atom is -0.390 e. The van der Waals surface area contributed by atoms with E-state index in [4.69, 9.17) is 17.3 Å². The molecule has 3 aromatic rings. The Labute approximate surface area is 291 Å². The first kappa shape index (κ1) is 40.0. The van der Waals surface area contributed by atoms with Gasteiger partial charge in [0, 0.05) is 25.2 Å². The van der Waals surface area contributed by atoms with Gasteiger partial charge in [0.05, 0.1) is 21.4 Å². The number of nitrogens with two attached hydrogens (primary N) is 1. The monoisotopic (exact) mass is 747 g/mol. The Morgan fingerprint density at radius 2 is 1.58 bits per heavy atom. The smallest absolute Gasteiger partial charge is 0.250 e. The highest BCUT2D eigenvalue weighted by molar-refractivity contribution is 7.92. The number of thiophene rings is 1. The fourth-order valence-electron chi connectivity index (χ4n) is 5.48. The highest BCUT2D eigenvalue weighted by Gasteiger charge is 2.37. The maximum absolute atomic E-state index is 14.4. The third-order valence-electron chi connectivity index (χ3n) is 7.92. The van der Waals surface area contributed by atoms with Crippen molar-refractivity contribution in [3.8, 4) is 0 Å². The van der Waals surface area contributed by atoms with E-state index in [2.05, 4.69) is 4.72 Å². The number of sulfone groups is 1. The van der Waals surface area contributed by atoms with Crippen molar-refractivity contribution in [1.82, 2.24) is 9.62 Å². The summed E-state index contributed by atoms with van der Waals surface area (Å²) in [5.41, 5.74) is 8.05. The summed E-state index contributed by atoms with van der Waals surface area (Å²) in [7, 11) is -8.41. The van der Waals surface area contributed by atoms with Gasteiger partial charge in [-0.2, -0.15) is 4.72 Å². The van der Waals surface area contributed by atoms with Crippen molar-refractivity contribution in [2.24, 2.45) is 5.73 Å².